The Morgan fingerprint density at radius 2 is 1.80 bits per heavy atom. The molecule has 176 valence electrons. The van der Waals surface area contributed by atoms with Crippen LogP contribution >= 0.6 is 0 Å². The molecule has 0 bridgehead atoms. The van der Waals surface area contributed by atoms with Crippen molar-refractivity contribution in [3.63, 3.8) is 0 Å². The zero-order valence-corrected chi connectivity index (χ0v) is 19.5. The van der Waals surface area contributed by atoms with Crippen molar-refractivity contribution in [2.24, 2.45) is 0 Å². The first-order valence-corrected chi connectivity index (χ1v) is 11.4. The van der Waals surface area contributed by atoms with Crippen LogP contribution in [0.25, 0.3) is 11.6 Å². The van der Waals surface area contributed by atoms with Crippen molar-refractivity contribution in [3.05, 3.63) is 118 Å². The van der Waals surface area contributed by atoms with Gasteiger partial charge in [-0.3, -0.25) is 4.79 Å². The van der Waals surface area contributed by atoms with Gasteiger partial charge in [0.25, 0.3) is 5.91 Å². The maximum atomic E-state index is 13.8. The van der Waals surface area contributed by atoms with Crippen LogP contribution in [0.1, 0.15) is 38.4 Å². The third-order valence-corrected chi connectivity index (χ3v) is 6.20. The number of benzene rings is 3. The zero-order valence-electron chi connectivity index (χ0n) is 19.5. The van der Waals surface area contributed by atoms with Gasteiger partial charge in [0, 0.05) is 47.0 Å². The molecule has 4 aromatic rings. The van der Waals surface area contributed by atoms with Crippen molar-refractivity contribution < 1.29 is 13.6 Å². The molecule has 2 N–H and O–H groups in total. The molecule has 6 heteroatoms. The number of carbonyl (C=O) groups is 1. The Kier molecular flexibility index (Phi) is 5.95. The summed E-state index contributed by atoms with van der Waals surface area (Å²) in [6.45, 7) is 5.10. The molecule has 0 unspecified atom stereocenters. The lowest BCUT2D eigenvalue weighted by molar-refractivity contribution is 0.102. The van der Waals surface area contributed by atoms with Crippen LogP contribution in [0.5, 0.6) is 0 Å². The number of H-pyrrole nitrogens is 1. The molecule has 2 heterocycles. The van der Waals surface area contributed by atoms with Gasteiger partial charge in [0.1, 0.15) is 0 Å². The van der Waals surface area contributed by atoms with Crippen LogP contribution in [0.2, 0.25) is 0 Å². The molecule has 0 aliphatic carbocycles. The van der Waals surface area contributed by atoms with E-state index in [-0.39, 0.29) is 5.91 Å². The number of fused-ring (bicyclic) bond motifs is 1. The van der Waals surface area contributed by atoms with Crippen LogP contribution in [0.4, 0.5) is 20.2 Å². The van der Waals surface area contributed by atoms with Gasteiger partial charge in [-0.15, -0.1) is 0 Å². The van der Waals surface area contributed by atoms with Gasteiger partial charge in [-0.25, -0.2) is 8.78 Å². The summed E-state index contributed by atoms with van der Waals surface area (Å²) in [5.74, 6) is -1.88. The highest BCUT2D eigenvalue weighted by Gasteiger charge is 2.25. The number of hydrogen-bond donors (Lipinski definition) is 2. The Morgan fingerprint density at radius 1 is 1.00 bits per heavy atom. The number of anilines is 2. The summed E-state index contributed by atoms with van der Waals surface area (Å²) in [5, 5.41) is 2.98. The Hall–Kier alpha value is -4.19. The van der Waals surface area contributed by atoms with E-state index in [0.717, 1.165) is 39.8 Å². The van der Waals surface area contributed by atoms with E-state index in [1.54, 1.807) is 18.2 Å². The molecule has 4 nitrogen and oxygen atoms in total. The summed E-state index contributed by atoms with van der Waals surface area (Å²) < 4.78 is 27.3. The second-order valence-electron chi connectivity index (χ2n) is 8.88. The fourth-order valence-electron chi connectivity index (χ4n) is 4.51. The monoisotopic (exact) mass is 469 g/mol. The van der Waals surface area contributed by atoms with Crippen molar-refractivity contribution in [2.75, 3.05) is 16.8 Å². The predicted octanol–water partition coefficient (Wildman–Crippen LogP) is 6.72. The number of aromatic nitrogens is 1. The highest BCUT2D eigenvalue weighted by Crippen LogP contribution is 2.39. The van der Waals surface area contributed by atoms with E-state index in [1.807, 2.05) is 43.3 Å². The van der Waals surface area contributed by atoms with Gasteiger partial charge in [0.2, 0.25) is 0 Å². The van der Waals surface area contributed by atoms with Gasteiger partial charge < -0.3 is 15.2 Å². The molecule has 1 amide bonds. The standard InChI is InChI=1S/C29H25F2N3O/c1-18-12-19(2)32-27(18)14-22-17-34(16-20-8-10-25(30)26(31)13-20)28-11-9-23(15-24(22)28)33-29(35)21-6-4-3-5-7-21/h3-15,32H,16-17H2,1-2H3,(H,33,35)/b22-14+. The molecule has 0 radical (unpaired) electrons. The molecular formula is C29H25F2N3O. The normalized spacial score (nSPS) is 13.8. The second kappa shape index (κ2) is 9.22. The number of aromatic amines is 1. The molecule has 5 rings (SSSR count). The Labute approximate surface area is 202 Å². The van der Waals surface area contributed by atoms with Crippen LogP contribution in [0, 0.1) is 25.5 Å². The summed E-state index contributed by atoms with van der Waals surface area (Å²) in [5.41, 5.74) is 8.24. The van der Waals surface area contributed by atoms with Crippen molar-refractivity contribution in [3.8, 4) is 0 Å². The number of rotatable bonds is 5. The van der Waals surface area contributed by atoms with E-state index in [9.17, 15) is 13.6 Å². The molecule has 0 saturated carbocycles. The maximum absolute atomic E-state index is 13.8. The maximum Gasteiger partial charge on any atom is 0.255 e. The largest absolute Gasteiger partial charge is 0.362 e. The van der Waals surface area contributed by atoms with Gasteiger partial charge in [-0.05, 0) is 85.2 Å². The van der Waals surface area contributed by atoms with Gasteiger partial charge in [-0.2, -0.15) is 0 Å². The van der Waals surface area contributed by atoms with Crippen molar-refractivity contribution >= 4 is 28.9 Å². The molecule has 0 spiro atoms. The summed E-state index contributed by atoms with van der Waals surface area (Å²) in [6.07, 6.45) is 2.12. The molecule has 1 aliphatic heterocycles. The number of nitrogens with zero attached hydrogens (tertiary/aromatic N) is 1. The van der Waals surface area contributed by atoms with Crippen LogP contribution in [0.3, 0.4) is 0 Å². The Bertz CT molecular complexity index is 1440. The number of nitrogens with one attached hydrogen (secondary N) is 2. The highest BCUT2D eigenvalue weighted by atomic mass is 19.2. The minimum Gasteiger partial charge on any atom is -0.362 e. The molecule has 1 aliphatic rings. The summed E-state index contributed by atoms with van der Waals surface area (Å²) in [6, 6.07) is 21.0. The molecule has 0 atom stereocenters. The predicted molar refractivity (Wildman–Crippen MR) is 136 cm³/mol. The molecular weight excluding hydrogens is 444 g/mol. The topological polar surface area (TPSA) is 48.1 Å². The van der Waals surface area contributed by atoms with Crippen molar-refractivity contribution in [2.45, 2.75) is 20.4 Å². The molecule has 0 fully saturated rings. The SMILES string of the molecule is Cc1cc(C)c(/C=C2\CN(Cc3ccc(F)c(F)c3)c3ccc(NC(=O)c4ccccc4)cc32)[nH]1. The Balaban J connectivity index is 1.50. The summed E-state index contributed by atoms with van der Waals surface area (Å²) in [4.78, 5) is 18.2. The minimum atomic E-state index is -0.854. The van der Waals surface area contributed by atoms with E-state index in [0.29, 0.717) is 29.9 Å². The second-order valence-corrected chi connectivity index (χ2v) is 8.88. The molecule has 0 saturated heterocycles. The number of halogens is 2. The molecule has 3 aromatic carbocycles. The van der Waals surface area contributed by atoms with Gasteiger partial charge in [0.15, 0.2) is 11.6 Å². The Morgan fingerprint density at radius 3 is 2.51 bits per heavy atom. The number of hydrogen-bond acceptors (Lipinski definition) is 2. The van der Waals surface area contributed by atoms with Crippen LogP contribution in [-0.2, 0) is 6.54 Å². The minimum absolute atomic E-state index is 0.177. The average Bonchev–Trinajstić information content (AvgIpc) is 3.34. The van der Waals surface area contributed by atoms with Crippen LogP contribution < -0.4 is 10.2 Å². The smallest absolute Gasteiger partial charge is 0.255 e. The highest BCUT2D eigenvalue weighted by molar-refractivity contribution is 6.05. The van der Waals surface area contributed by atoms with Gasteiger partial charge in [0.05, 0.1) is 0 Å². The number of amides is 1. The van der Waals surface area contributed by atoms with E-state index in [4.69, 9.17) is 0 Å². The van der Waals surface area contributed by atoms with E-state index < -0.39 is 11.6 Å². The van der Waals surface area contributed by atoms with Gasteiger partial charge >= 0.3 is 0 Å². The average molecular weight is 470 g/mol. The third kappa shape index (κ3) is 4.73. The van der Waals surface area contributed by atoms with Gasteiger partial charge in [-0.1, -0.05) is 24.3 Å². The van der Waals surface area contributed by atoms with Crippen LogP contribution in [0.15, 0.2) is 72.8 Å². The number of aryl methyl sites for hydroxylation is 2. The van der Waals surface area contributed by atoms with Crippen molar-refractivity contribution in [1.29, 1.82) is 0 Å². The molecule has 35 heavy (non-hydrogen) atoms. The van der Waals surface area contributed by atoms with E-state index in [2.05, 4.69) is 34.3 Å². The first-order valence-electron chi connectivity index (χ1n) is 11.4. The summed E-state index contributed by atoms with van der Waals surface area (Å²) >= 11 is 0. The number of carbonyl (C=O) groups excluding carboxylic acids is 1. The van der Waals surface area contributed by atoms with E-state index in [1.165, 1.54) is 6.07 Å². The lowest BCUT2D eigenvalue weighted by atomic mass is 10.0. The zero-order chi connectivity index (χ0) is 24.5. The fourth-order valence-corrected chi connectivity index (χ4v) is 4.51. The van der Waals surface area contributed by atoms with Crippen LogP contribution in [-0.4, -0.2) is 17.4 Å². The molecule has 1 aromatic heterocycles. The summed E-state index contributed by atoms with van der Waals surface area (Å²) in [7, 11) is 0. The lowest BCUT2D eigenvalue weighted by Gasteiger charge is -2.19. The quantitative estimate of drug-likeness (QED) is 0.341. The first-order chi connectivity index (χ1) is 16.9. The first kappa shape index (κ1) is 22.6. The van der Waals surface area contributed by atoms with E-state index >= 15 is 0 Å². The lowest BCUT2D eigenvalue weighted by Crippen LogP contribution is -2.19. The van der Waals surface area contributed by atoms with Crippen molar-refractivity contribution in [1.82, 2.24) is 4.98 Å². The fraction of sp³-hybridized carbons (Fsp3) is 0.138. The third-order valence-electron chi connectivity index (χ3n) is 6.20.